The van der Waals surface area contributed by atoms with Crippen molar-refractivity contribution < 1.29 is 4.79 Å². The van der Waals surface area contributed by atoms with Gasteiger partial charge in [-0.1, -0.05) is 6.92 Å². The maximum Gasteiger partial charge on any atom is 0.254 e. The largest absolute Gasteiger partial charge is 0.352 e. The van der Waals surface area contributed by atoms with E-state index in [0.717, 1.165) is 38.3 Å². The highest BCUT2D eigenvalue weighted by molar-refractivity contribution is 5.93. The van der Waals surface area contributed by atoms with E-state index in [4.69, 9.17) is 0 Å². The van der Waals surface area contributed by atoms with Crippen molar-refractivity contribution in [3.8, 4) is 0 Å². The van der Waals surface area contributed by atoms with Crippen molar-refractivity contribution in [2.24, 2.45) is 0 Å². The number of hydrogen-bond donors (Lipinski definition) is 1. The molecule has 5 heteroatoms. The third-order valence-corrected chi connectivity index (χ3v) is 3.63. The Kier molecular flexibility index (Phi) is 4.95. The summed E-state index contributed by atoms with van der Waals surface area (Å²) in [5, 5.41) is 3.40. The van der Waals surface area contributed by atoms with Crippen LogP contribution in [0, 0.1) is 0 Å². The fraction of sp³-hybridized carbons (Fsp3) is 0.600. The number of anilines is 1. The predicted octanol–water partition coefficient (Wildman–Crippen LogP) is 1.36. The fourth-order valence-corrected chi connectivity index (χ4v) is 2.57. The second-order valence-electron chi connectivity index (χ2n) is 5.44. The zero-order valence-electron chi connectivity index (χ0n) is 12.6. The summed E-state index contributed by atoms with van der Waals surface area (Å²) in [6.07, 6.45) is 3.93. The lowest BCUT2D eigenvalue weighted by Crippen LogP contribution is -2.38. The summed E-state index contributed by atoms with van der Waals surface area (Å²) in [5.41, 5.74) is 0.639. The van der Waals surface area contributed by atoms with Crippen LogP contribution in [0.2, 0.25) is 0 Å². The minimum absolute atomic E-state index is 0.00590. The lowest BCUT2D eigenvalue weighted by molar-refractivity contribution is 0.0827. The normalized spacial score (nSPS) is 18.1. The fourth-order valence-electron chi connectivity index (χ4n) is 2.57. The van der Waals surface area contributed by atoms with E-state index >= 15 is 0 Å². The van der Waals surface area contributed by atoms with Gasteiger partial charge in [-0.3, -0.25) is 4.79 Å². The van der Waals surface area contributed by atoms with Crippen LogP contribution in [-0.2, 0) is 0 Å². The molecule has 1 aliphatic rings. The van der Waals surface area contributed by atoms with Crippen LogP contribution in [0.5, 0.6) is 0 Å². The third-order valence-electron chi connectivity index (χ3n) is 3.63. The number of aromatic nitrogens is 1. The standard InChI is InChI=1S/C15H24N4O/c1-4-9-19(13-7-8-16-11-13)14-6-5-12(10-17-14)15(20)18(2)3/h5-6,10,13,16H,4,7-9,11H2,1-3H3. The van der Waals surface area contributed by atoms with Crippen LogP contribution < -0.4 is 10.2 Å². The van der Waals surface area contributed by atoms with Gasteiger partial charge in [0.05, 0.1) is 5.56 Å². The van der Waals surface area contributed by atoms with Gasteiger partial charge in [0, 0.05) is 39.4 Å². The van der Waals surface area contributed by atoms with E-state index < -0.39 is 0 Å². The van der Waals surface area contributed by atoms with Gasteiger partial charge >= 0.3 is 0 Å². The summed E-state index contributed by atoms with van der Waals surface area (Å²) in [4.78, 5) is 20.3. The number of nitrogens with zero attached hydrogens (tertiary/aromatic N) is 3. The van der Waals surface area contributed by atoms with Crippen molar-refractivity contribution in [1.82, 2.24) is 15.2 Å². The van der Waals surface area contributed by atoms with E-state index in [1.54, 1.807) is 25.2 Å². The maximum absolute atomic E-state index is 11.9. The van der Waals surface area contributed by atoms with Gasteiger partial charge in [-0.2, -0.15) is 0 Å². The number of nitrogens with one attached hydrogen (secondary N) is 1. The molecule has 2 heterocycles. The van der Waals surface area contributed by atoms with Crippen LogP contribution in [0.25, 0.3) is 0 Å². The molecule has 1 aromatic heterocycles. The first-order valence-corrected chi connectivity index (χ1v) is 7.28. The Hall–Kier alpha value is -1.62. The van der Waals surface area contributed by atoms with Gasteiger partial charge in [0.25, 0.3) is 5.91 Å². The SMILES string of the molecule is CCCN(c1ccc(C(=O)N(C)C)cn1)C1CCNC1. The lowest BCUT2D eigenvalue weighted by Gasteiger charge is -2.29. The minimum Gasteiger partial charge on any atom is -0.352 e. The molecule has 20 heavy (non-hydrogen) atoms. The van der Waals surface area contributed by atoms with Crippen molar-refractivity contribution in [2.45, 2.75) is 25.8 Å². The number of rotatable bonds is 5. The number of hydrogen-bond acceptors (Lipinski definition) is 4. The van der Waals surface area contributed by atoms with Crippen LogP contribution in [-0.4, -0.2) is 55.6 Å². The second kappa shape index (κ2) is 6.70. The van der Waals surface area contributed by atoms with Gasteiger partial charge in [-0.05, 0) is 31.5 Å². The molecule has 0 bridgehead atoms. The monoisotopic (exact) mass is 276 g/mol. The van der Waals surface area contributed by atoms with Crippen molar-refractivity contribution in [2.75, 3.05) is 38.6 Å². The number of amides is 1. The molecule has 0 radical (unpaired) electrons. The van der Waals surface area contributed by atoms with Crippen molar-refractivity contribution in [3.05, 3.63) is 23.9 Å². The molecule has 1 N–H and O–H groups in total. The highest BCUT2D eigenvalue weighted by atomic mass is 16.2. The van der Waals surface area contributed by atoms with E-state index in [1.165, 1.54) is 0 Å². The molecule has 1 aromatic rings. The van der Waals surface area contributed by atoms with E-state index in [9.17, 15) is 4.79 Å². The first kappa shape index (κ1) is 14.8. The number of carbonyl (C=O) groups excluding carboxylic acids is 1. The van der Waals surface area contributed by atoms with Crippen LogP contribution in [0.4, 0.5) is 5.82 Å². The summed E-state index contributed by atoms with van der Waals surface area (Å²) < 4.78 is 0. The molecule has 1 saturated heterocycles. The first-order valence-electron chi connectivity index (χ1n) is 7.28. The van der Waals surface area contributed by atoms with Gasteiger partial charge < -0.3 is 15.1 Å². The van der Waals surface area contributed by atoms with E-state index in [1.807, 2.05) is 12.1 Å². The minimum atomic E-state index is -0.00590. The molecule has 2 rings (SSSR count). The first-order chi connectivity index (χ1) is 9.63. The van der Waals surface area contributed by atoms with E-state index in [2.05, 4.69) is 22.1 Å². The summed E-state index contributed by atoms with van der Waals surface area (Å²) in [6.45, 7) is 5.27. The Morgan fingerprint density at radius 1 is 1.45 bits per heavy atom. The molecule has 1 fully saturated rings. The summed E-state index contributed by atoms with van der Waals surface area (Å²) in [6, 6.07) is 4.35. The van der Waals surface area contributed by atoms with Gasteiger partial charge in [0.15, 0.2) is 0 Å². The van der Waals surface area contributed by atoms with E-state index in [-0.39, 0.29) is 5.91 Å². The molecule has 0 aromatic carbocycles. The Morgan fingerprint density at radius 3 is 2.75 bits per heavy atom. The molecule has 110 valence electrons. The Labute approximate surface area is 121 Å². The molecule has 0 saturated carbocycles. The van der Waals surface area contributed by atoms with Gasteiger partial charge in [-0.25, -0.2) is 4.98 Å². The Bertz CT molecular complexity index is 438. The van der Waals surface area contributed by atoms with Crippen LogP contribution in [0.1, 0.15) is 30.1 Å². The Morgan fingerprint density at radius 2 is 2.25 bits per heavy atom. The third kappa shape index (κ3) is 3.28. The highest BCUT2D eigenvalue weighted by Gasteiger charge is 2.23. The quantitative estimate of drug-likeness (QED) is 0.882. The van der Waals surface area contributed by atoms with Crippen molar-refractivity contribution in [3.63, 3.8) is 0 Å². The van der Waals surface area contributed by atoms with Crippen LogP contribution in [0.3, 0.4) is 0 Å². The summed E-state index contributed by atoms with van der Waals surface area (Å²) in [5.74, 6) is 0.962. The van der Waals surface area contributed by atoms with Crippen molar-refractivity contribution >= 4 is 11.7 Å². The smallest absolute Gasteiger partial charge is 0.254 e. The summed E-state index contributed by atoms with van der Waals surface area (Å²) in [7, 11) is 3.51. The second-order valence-corrected chi connectivity index (χ2v) is 5.44. The maximum atomic E-state index is 11.9. The molecule has 0 spiro atoms. The molecule has 1 amide bonds. The summed E-state index contributed by atoms with van der Waals surface area (Å²) >= 11 is 0. The van der Waals surface area contributed by atoms with Gasteiger partial charge in [0.2, 0.25) is 0 Å². The molecule has 5 nitrogen and oxygen atoms in total. The highest BCUT2D eigenvalue weighted by Crippen LogP contribution is 2.19. The van der Waals surface area contributed by atoms with Crippen LogP contribution in [0.15, 0.2) is 18.3 Å². The lowest BCUT2D eigenvalue weighted by atomic mass is 10.2. The average Bonchev–Trinajstić information content (AvgIpc) is 2.98. The predicted molar refractivity (Wildman–Crippen MR) is 81.2 cm³/mol. The molecule has 1 aliphatic heterocycles. The molecular weight excluding hydrogens is 252 g/mol. The molecule has 1 unspecified atom stereocenters. The average molecular weight is 276 g/mol. The molecule has 0 aliphatic carbocycles. The van der Waals surface area contributed by atoms with E-state index in [0.29, 0.717) is 11.6 Å². The number of pyridine rings is 1. The van der Waals surface area contributed by atoms with Gasteiger partial charge in [-0.15, -0.1) is 0 Å². The molecule has 1 atom stereocenters. The van der Waals surface area contributed by atoms with Crippen molar-refractivity contribution in [1.29, 1.82) is 0 Å². The van der Waals surface area contributed by atoms with Gasteiger partial charge in [0.1, 0.15) is 5.82 Å². The number of carbonyl (C=O) groups is 1. The molecular formula is C15H24N4O. The zero-order chi connectivity index (χ0) is 14.5. The van der Waals surface area contributed by atoms with Crippen LogP contribution >= 0.6 is 0 Å². The topological polar surface area (TPSA) is 48.5 Å². The Balaban J connectivity index is 2.15. The zero-order valence-corrected chi connectivity index (χ0v) is 12.6.